The van der Waals surface area contributed by atoms with Crippen LogP contribution in [-0.2, 0) is 10.9 Å². The lowest BCUT2D eigenvalue weighted by Crippen LogP contribution is -2.06. The van der Waals surface area contributed by atoms with Crippen molar-refractivity contribution in [2.24, 2.45) is 0 Å². The van der Waals surface area contributed by atoms with E-state index in [9.17, 15) is 17.3 Å². The lowest BCUT2D eigenvalue weighted by molar-refractivity contribution is 0.368. The lowest BCUT2D eigenvalue weighted by Gasteiger charge is -2.12. The van der Waals surface area contributed by atoms with E-state index >= 15 is 0 Å². The third-order valence-electron chi connectivity index (χ3n) is 3.83. The molecule has 3 aromatic carbocycles. The van der Waals surface area contributed by atoms with Gasteiger partial charge in [-0.3, -0.25) is 0 Å². The SMILES string of the molecule is COc1c(C)cc([S+](c2ccccc2)c2ccccc2)cc1C.F[B-](F)(F)F. The third-order valence-corrected chi connectivity index (χ3v) is 6.03. The summed E-state index contributed by atoms with van der Waals surface area (Å²) in [4.78, 5) is 4.00. The van der Waals surface area contributed by atoms with E-state index in [1.165, 1.54) is 25.8 Å². The number of benzene rings is 3. The molecule has 28 heavy (non-hydrogen) atoms. The maximum atomic E-state index is 9.75. The maximum absolute atomic E-state index is 9.75. The van der Waals surface area contributed by atoms with Gasteiger partial charge in [0.1, 0.15) is 5.75 Å². The Morgan fingerprint density at radius 3 is 1.36 bits per heavy atom. The van der Waals surface area contributed by atoms with Crippen LogP contribution >= 0.6 is 0 Å². The van der Waals surface area contributed by atoms with E-state index in [2.05, 4.69) is 86.6 Å². The second-order valence-corrected chi connectivity index (χ2v) is 8.04. The Kier molecular flexibility index (Phi) is 7.57. The highest BCUT2D eigenvalue weighted by Crippen LogP contribution is 2.35. The molecule has 0 N–H and O–H groups in total. The summed E-state index contributed by atoms with van der Waals surface area (Å²) < 4.78 is 44.5. The molecule has 0 radical (unpaired) electrons. The second-order valence-electron chi connectivity index (χ2n) is 6.02. The van der Waals surface area contributed by atoms with Gasteiger partial charge < -0.3 is 22.0 Å². The Morgan fingerprint density at radius 1 is 0.679 bits per heavy atom. The van der Waals surface area contributed by atoms with Crippen LogP contribution in [0.3, 0.4) is 0 Å². The van der Waals surface area contributed by atoms with E-state index in [4.69, 9.17) is 4.74 Å². The van der Waals surface area contributed by atoms with Gasteiger partial charge in [-0.1, -0.05) is 36.4 Å². The zero-order chi connectivity index (χ0) is 20.7. The van der Waals surface area contributed by atoms with E-state index in [0.29, 0.717) is 0 Å². The number of methoxy groups -OCH3 is 1. The number of ether oxygens (including phenoxy) is 1. The van der Waals surface area contributed by atoms with Crippen LogP contribution in [-0.4, -0.2) is 14.4 Å². The predicted octanol–water partition coefficient (Wildman–Crippen LogP) is 6.71. The normalized spacial score (nSPS) is 11.0. The van der Waals surface area contributed by atoms with Crippen LogP contribution in [0, 0.1) is 13.8 Å². The third kappa shape index (κ3) is 6.34. The van der Waals surface area contributed by atoms with E-state index in [-0.39, 0.29) is 10.9 Å². The molecule has 0 atom stereocenters. The molecule has 0 bridgehead atoms. The fourth-order valence-corrected chi connectivity index (χ4v) is 5.14. The molecule has 0 aromatic heterocycles. The van der Waals surface area contributed by atoms with Crippen LogP contribution in [0.15, 0.2) is 87.5 Å². The van der Waals surface area contributed by atoms with Crippen LogP contribution in [0.1, 0.15) is 11.1 Å². The molecule has 0 aliphatic carbocycles. The highest BCUT2D eigenvalue weighted by Gasteiger charge is 2.29. The summed E-state index contributed by atoms with van der Waals surface area (Å²) in [6.45, 7) is 4.24. The first-order chi connectivity index (χ1) is 13.2. The molecule has 3 rings (SSSR count). The van der Waals surface area contributed by atoms with Gasteiger partial charge in [-0.15, -0.1) is 0 Å². The molecular formula is C21H21BF4OS. The average molecular weight is 408 g/mol. The highest BCUT2D eigenvalue weighted by molar-refractivity contribution is 7.97. The first kappa shape index (κ1) is 21.9. The second kappa shape index (κ2) is 9.69. The van der Waals surface area contributed by atoms with Crippen molar-refractivity contribution < 1.29 is 22.0 Å². The Labute approximate surface area is 165 Å². The maximum Gasteiger partial charge on any atom is 0.673 e. The van der Waals surface area contributed by atoms with Gasteiger partial charge >= 0.3 is 7.25 Å². The molecule has 1 nitrogen and oxygen atoms in total. The molecular weight excluding hydrogens is 387 g/mol. The van der Waals surface area contributed by atoms with E-state index < -0.39 is 7.25 Å². The van der Waals surface area contributed by atoms with Crippen molar-refractivity contribution in [3.05, 3.63) is 83.9 Å². The fourth-order valence-electron chi connectivity index (χ4n) is 2.87. The number of hydrogen-bond acceptors (Lipinski definition) is 1. The van der Waals surface area contributed by atoms with Crippen LogP contribution in [0.25, 0.3) is 0 Å². The van der Waals surface area contributed by atoms with Crippen molar-refractivity contribution in [3.63, 3.8) is 0 Å². The fraction of sp³-hybridized carbons (Fsp3) is 0.143. The summed E-state index contributed by atoms with van der Waals surface area (Å²) >= 11 is 0. The molecule has 0 spiro atoms. The van der Waals surface area contributed by atoms with Crippen molar-refractivity contribution in [2.45, 2.75) is 28.5 Å². The van der Waals surface area contributed by atoms with Crippen molar-refractivity contribution >= 4 is 18.1 Å². The Bertz CT molecular complexity index is 817. The average Bonchev–Trinajstić information content (AvgIpc) is 2.62. The predicted molar refractivity (Wildman–Crippen MR) is 108 cm³/mol. The summed E-state index contributed by atoms with van der Waals surface area (Å²) in [7, 11) is -4.36. The van der Waals surface area contributed by atoms with Gasteiger partial charge in [0.2, 0.25) is 0 Å². The van der Waals surface area contributed by atoms with E-state index in [0.717, 1.165) is 5.75 Å². The topological polar surface area (TPSA) is 9.23 Å². The molecule has 0 aliphatic heterocycles. The minimum absolute atomic E-state index is 0.101. The van der Waals surface area contributed by atoms with Gasteiger partial charge in [0, 0.05) is 12.1 Å². The monoisotopic (exact) mass is 408 g/mol. The van der Waals surface area contributed by atoms with Gasteiger partial charge in [0.25, 0.3) is 0 Å². The van der Waals surface area contributed by atoms with E-state index in [1.807, 2.05) is 0 Å². The van der Waals surface area contributed by atoms with Crippen LogP contribution in [0.4, 0.5) is 17.3 Å². The van der Waals surface area contributed by atoms with E-state index in [1.54, 1.807) is 7.11 Å². The Hall–Kier alpha value is -2.41. The van der Waals surface area contributed by atoms with Crippen LogP contribution < -0.4 is 4.74 Å². The molecule has 0 unspecified atom stereocenters. The lowest BCUT2D eigenvalue weighted by atomic mass is 10.1. The molecule has 7 heteroatoms. The van der Waals surface area contributed by atoms with Crippen molar-refractivity contribution in [2.75, 3.05) is 7.11 Å². The van der Waals surface area contributed by atoms with Crippen molar-refractivity contribution in [1.82, 2.24) is 0 Å². The van der Waals surface area contributed by atoms with Gasteiger partial charge in [-0.25, -0.2) is 0 Å². The largest absolute Gasteiger partial charge is 0.673 e. The summed E-state index contributed by atoms with van der Waals surface area (Å²) in [5.41, 5.74) is 2.37. The first-order valence-corrected chi connectivity index (χ1v) is 9.80. The molecule has 0 fully saturated rings. The quantitative estimate of drug-likeness (QED) is 0.265. The molecule has 0 saturated carbocycles. The van der Waals surface area contributed by atoms with Crippen LogP contribution in [0.5, 0.6) is 5.75 Å². The summed E-state index contributed by atoms with van der Waals surface area (Å²) in [5, 5.41) is 0. The summed E-state index contributed by atoms with van der Waals surface area (Å²) in [6.07, 6.45) is 0. The number of aryl methyl sites for hydroxylation is 2. The molecule has 0 saturated heterocycles. The first-order valence-electron chi connectivity index (χ1n) is 8.57. The molecule has 3 aromatic rings. The zero-order valence-electron chi connectivity index (χ0n) is 15.8. The van der Waals surface area contributed by atoms with Gasteiger partial charge in [0.15, 0.2) is 14.7 Å². The summed E-state index contributed by atoms with van der Waals surface area (Å²) in [5.74, 6) is 0.985. The molecule has 148 valence electrons. The molecule has 0 aliphatic rings. The Morgan fingerprint density at radius 2 is 1.04 bits per heavy atom. The van der Waals surface area contributed by atoms with Gasteiger partial charge in [0.05, 0.1) is 18.0 Å². The van der Waals surface area contributed by atoms with Crippen molar-refractivity contribution in [3.8, 4) is 5.75 Å². The van der Waals surface area contributed by atoms with Gasteiger partial charge in [-0.2, -0.15) is 0 Å². The van der Waals surface area contributed by atoms with Crippen LogP contribution in [0.2, 0.25) is 0 Å². The highest BCUT2D eigenvalue weighted by atomic mass is 32.2. The zero-order valence-corrected chi connectivity index (χ0v) is 16.7. The molecule has 0 amide bonds. The number of hydrogen-bond donors (Lipinski definition) is 0. The Balaban J connectivity index is 0.000000500. The molecule has 0 heterocycles. The minimum Gasteiger partial charge on any atom is -0.496 e. The minimum atomic E-state index is -6.00. The number of halogens is 4. The number of rotatable bonds is 4. The smallest absolute Gasteiger partial charge is 0.496 e. The summed E-state index contributed by atoms with van der Waals surface area (Å²) in [6, 6.07) is 26.0. The standard InChI is InChI=1S/C21H21OS.BF4/c1-16-14-20(15-17(2)21(16)22-3)23(18-10-6-4-7-11-18)19-12-8-5-9-13-19;2-1(3,4)5/h4-15H,1-3H3;/q+1;-1. The van der Waals surface area contributed by atoms with Gasteiger partial charge in [-0.05, 0) is 49.2 Å². The van der Waals surface area contributed by atoms with Crippen molar-refractivity contribution in [1.29, 1.82) is 0 Å².